The normalized spacial score (nSPS) is 16.7. The average Bonchev–Trinajstić information content (AvgIpc) is 3.18. The number of benzene rings is 3. The van der Waals surface area contributed by atoms with Crippen molar-refractivity contribution in [1.82, 2.24) is 5.32 Å². The lowest BCUT2D eigenvalue weighted by Crippen LogP contribution is -2.32. The minimum absolute atomic E-state index is 0.0651. The van der Waals surface area contributed by atoms with Gasteiger partial charge in [-0.2, -0.15) is 5.26 Å². The Balaban J connectivity index is 1.60. The second kappa shape index (κ2) is 11.3. The maximum atomic E-state index is 13.5. The average molecular weight is 502 g/mol. The smallest absolute Gasteiger partial charge is 0.264 e. The summed E-state index contributed by atoms with van der Waals surface area (Å²) in [5, 5.41) is 13.3. The number of para-hydroxylation sites is 1. The van der Waals surface area contributed by atoms with E-state index in [2.05, 4.69) is 5.32 Å². The van der Waals surface area contributed by atoms with Gasteiger partial charge in [0.2, 0.25) is 5.91 Å². The number of carbonyl (C=O) groups excluding carboxylic acids is 2. The van der Waals surface area contributed by atoms with Gasteiger partial charge in [0.25, 0.3) is 5.91 Å². The topological polar surface area (TPSA) is 73.2 Å². The van der Waals surface area contributed by atoms with Crippen LogP contribution in [0.5, 0.6) is 0 Å². The van der Waals surface area contributed by atoms with Gasteiger partial charge < -0.3 is 5.32 Å². The Morgan fingerprint density at radius 3 is 2.40 bits per heavy atom. The zero-order valence-electron chi connectivity index (χ0n) is 19.2. The fourth-order valence-corrected chi connectivity index (χ4v) is 5.34. The van der Waals surface area contributed by atoms with Gasteiger partial charge in [-0.05, 0) is 54.7 Å². The fraction of sp³-hybridized carbons (Fsp3) is 0.179. The highest BCUT2D eigenvalue weighted by molar-refractivity contribution is 8.05. The van der Waals surface area contributed by atoms with Crippen LogP contribution < -0.4 is 10.2 Å². The Morgan fingerprint density at radius 2 is 1.74 bits per heavy atom. The van der Waals surface area contributed by atoms with E-state index in [-0.39, 0.29) is 11.5 Å². The lowest BCUT2D eigenvalue weighted by Gasteiger charge is -2.18. The number of halogens is 1. The number of nitrogens with zero attached hydrogens (tertiary/aromatic N) is 2. The molecule has 1 unspecified atom stereocenters. The molecule has 1 fully saturated rings. The monoisotopic (exact) mass is 501 g/mol. The Hall–Kier alpha value is -3.53. The Morgan fingerprint density at radius 1 is 1.06 bits per heavy atom. The van der Waals surface area contributed by atoms with Crippen molar-refractivity contribution in [2.24, 2.45) is 0 Å². The van der Waals surface area contributed by atoms with Crippen molar-refractivity contribution < 1.29 is 9.59 Å². The molecule has 35 heavy (non-hydrogen) atoms. The predicted octanol–water partition coefficient (Wildman–Crippen LogP) is 5.43. The zero-order valence-corrected chi connectivity index (χ0v) is 20.8. The van der Waals surface area contributed by atoms with E-state index >= 15 is 0 Å². The molecule has 0 radical (unpaired) electrons. The van der Waals surface area contributed by atoms with Crippen molar-refractivity contribution in [1.29, 1.82) is 5.26 Å². The molecule has 3 aromatic rings. The van der Waals surface area contributed by atoms with E-state index in [1.54, 1.807) is 12.1 Å². The van der Waals surface area contributed by atoms with E-state index in [9.17, 15) is 14.9 Å². The number of rotatable bonds is 7. The van der Waals surface area contributed by atoms with Crippen LogP contribution in [0.4, 0.5) is 5.69 Å². The molecule has 176 valence electrons. The van der Waals surface area contributed by atoms with Crippen molar-refractivity contribution in [2.45, 2.75) is 25.0 Å². The second-order valence-electron chi connectivity index (χ2n) is 8.19. The summed E-state index contributed by atoms with van der Waals surface area (Å²) < 4.78 is 0. The lowest BCUT2D eigenvalue weighted by molar-refractivity contribution is -0.117. The molecule has 1 atom stereocenters. The Labute approximate surface area is 214 Å². The largest absolute Gasteiger partial charge is 0.351 e. The van der Waals surface area contributed by atoms with E-state index in [1.807, 2.05) is 79.7 Å². The Bertz CT molecular complexity index is 1300. The summed E-state index contributed by atoms with van der Waals surface area (Å²) in [6, 6.07) is 26.7. The summed E-state index contributed by atoms with van der Waals surface area (Å²) in [5.74, 6) is -0.656. The summed E-state index contributed by atoms with van der Waals surface area (Å²) in [4.78, 5) is 28.0. The summed E-state index contributed by atoms with van der Waals surface area (Å²) in [6.45, 7) is 2.31. The van der Waals surface area contributed by atoms with Crippen molar-refractivity contribution >= 4 is 40.9 Å². The standard InChI is InChI=1S/C28H24ClN3O2S/c1-19-12-13-21(16-24(19)29)17-25-27(34)32(22-10-6-3-7-11-22)28(35-25)23(18-30)26(33)31-15-14-20-8-4-2-5-9-20/h2-13,16,25H,14-15,17H2,1H3,(H,31,33). The van der Waals surface area contributed by atoms with Crippen LogP contribution in [0.1, 0.15) is 16.7 Å². The van der Waals surface area contributed by atoms with Gasteiger partial charge in [0.15, 0.2) is 0 Å². The highest BCUT2D eigenvalue weighted by Gasteiger charge is 2.40. The number of carbonyl (C=O) groups is 2. The number of hydrogen-bond acceptors (Lipinski definition) is 4. The quantitative estimate of drug-likeness (QED) is 0.346. The van der Waals surface area contributed by atoms with Crippen LogP contribution in [0.2, 0.25) is 5.02 Å². The van der Waals surface area contributed by atoms with Gasteiger partial charge >= 0.3 is 0 Å². The molecule has 4 rings (SSSR count). The summed E-state index contributed by atoms with van der Waals surface area (Å²) in [7, 11) is 0. The zero-order chi connectivity index (χ0) is 24.8. The molecule has 5 nitrogen and oxygen atoms in total. The summed E-state index contributed by atoms with van der Waals surface area (Å²) in [6.07, 6.45) is 1.08. The first-order valence-corrected chi connectivity index (χ1v) is 12.5. The molecule has 1 aliphatic heterocycles. The maximum absolute atomic E-state index is 13.5. The van der Waals surface area contributed by atoms with Gasteiger partial charge in [-0.15, -0.1) is 0 Å². The van der Waals surface area contributed by atoms with Gasteiger partial charge in [0.05, 0.1) is 5.25 Å². The van der Waals surface area contributed by atoms with Gasteiger partial charge in [-0.25, -0.2) is 0 Å². The van der Waals surface area contributed by atoms with Gasteiger partial charge in [-0.1, -0.05) is 84.0 Å². The number of nitriles is 1. The van der Waals surface area contributed by atoms with E-state index in [4.69, 9.17) is 11.6 Å². The Kier molecular flexibility index (Phi) is 7.91. The number of hydrogen-bond donors (Lipinski definition) is 1. The molecule has 7 heteroatoms. The molecule has 0 aromatic heterocycles. The van der Waals surface area contributed by atoms with E-state index < -0.39 is 11.2 Å². The van der Waals surface area contributed by atoms with Gasteiger partial charge in [-0.3, -0.25) is 14.5 Å². The number of thioether (sulfide) groups is 1. The molecule has 3 aromatic carbocycles. The molecule has 1 heterocycles. The molecule has 1 saturated heterocycles. The van der Waals surface area contributed by atoms with Crippen LogP contribution in [-0.2, 0) is 22.4 Å². The third-order valence-corrected chi connectivity index (χ3v) is 7.39. The molecule has 1 N–H and O–H groups in total. The minimum atomic E-state index is -0.487. The molecule has 0 bridgehead atoms. The summed E-state index contributed by atoms with van der Waals surface area (Å²) >= 11 is 7.54. The minimum Gasteiger partial charge on any atom is -0.351 e. The molecule has 2 amide bonds. The van der Waals surface area contributed by atoms with Crippen molar-refractivity contribution in [2.75, 3.05) is 11.4 Å². The molecular weight excluding hydrogens is 478 g/mol. The molecule has 0 aliphatic carbocycles. The molecule has 1 aliphatic rings. The predicted molar refractivity (Wildman–Crippen MR) is 141 cm³/mol. The number of amides is 2. The van der Waals surface area contributed by atoms with Gasteiger partial charge in [0, 0.05) is 17.3 Å². The van der Waals surface area contributed by atoms with Crippen LogP contribution in [0.3, 0.4) is 0 Å². The number of nitrogens with one attached hydrogen (secondary N) is 1. The van der Waals surface area contributed by atoms with Crippen molar-refractivity contribution in [3.63, 3.8) is 0 Å². The first-order chi connectivity index (χ1) is 17.0. The molecule has 0 spiro atoms. The molecular formula is C28H24ClN3O2S. The van der Waals surface area contributed by atoms with E-state index in [0.717, 1.165) is 16.7 Å². The van der Waals surface area contributed by atoms with Crippen LogP contribution >= 0.6 is 23.4 Å². The van der Waals surface area contributed by atoms with E-state index in [1.165, 1.54) is 16.7 Å². The number of aryl methyl sites for hydroxylation is 1. The van der Waals surface area contributed by atoms with Crippen LogP contribution in [0.15, 0.2) is 89.5 Å². The summed E-state index contributed by atoms with van der Waals surface area (Å²) in [5.41, 5.74) is 3.53. The van der Waals surface area contributed by atoms with Crippen molar-refractivity contribution in [3.05, 3.63) is 111 Å². The van der Waals surface area contributed by atoms with Crippen LogP contribution in [0.25, 0.3) is 0 Å². The van der Waals surface area contributed by atoms with Gasteiger partial charge in [0.1, 0.15) is 16.7 Å². The third-order valence-electron chi connectivity index (χ3n) is 5.72. The number of anilines is 1. The fourth-order valence-electron chi connectivity index (χ4n) is 3.83. The first kappa shape index (κ1) is 24.6. The highest BCUT2D eigenvalue weighted by atomic mass is 35.5. The van der Waals surface area contributed by atoms with E-state index in [0.29, 0.717) is 35.1 Å². The second-order valence-corrected chi connectivity index (χ2v) is 9.79. The maximum Gasteiger partial charge on any atom is 0.264 e. The first-order valence-electron chi connectivity index (χ1n) is 11.2. The van der Waals surface area contributed by atoms with Crippen molar-refractivity contribution in [3.8, 4) is 6.07 Å². The van der Waals surface area contributed by atoms with Crippen LogP contribution in [-0.4, -0.2) is 23.6 Å². The lowest BCUT2D eigenvalue weighted by atomic mass is 10.1. The highest BCUT2D eigenvalue weighted by Crippen LogP contribution is 2.42. The molecule has 0 saturated carbocycles. The van der Waals surface area contributed by atoms with Crippen LogP contribution in [0, 0.1) is 18.3 Å². The SMILES string of the molecule is Cc1ccc(CC2SC(=C(C#N)C(=O)NCCc3ccccc3)N(c3ccccc3)C2=O)cc1Cl. The third kappa shape index (κ3) is 5.76.